The second kappa shape index (κ2) is 8.48. The molecule has 1 atom stereocenters. The highest BCUT2D eigenvalue weighted by molar-refractivity contribution is 5.92. The van der Waals surface area contributed by atoms with Crippen molar-refractivity contribution in [3.05, 3.63) is 30.0 Å². The molecule has 1 unspecified atom stereocenters. The van der Waals surface area contributed by atoms with Crippen molar-refractivity contribution in [2.24, 2.45) is 0 Å². The van der Waals surface area contributed by atoms with Crippen LogP contribution in [0.25, 0.3) is 22.2 Å². The Kier molecular flexibility index (Phi) is 5.61. The molecule has 2 aliphatic heterocycles. The van der Waals surface area contributed by atoms with Crippen LogP contribution in [0.2, 0.25) is 0 Å². The Morgan fingerprint density at radius 2 is 1.85 bits per heavy atom. The second-order valence-electron chi connectivity index (χ2n) is 8.80. The molecule has 11 heteroatoms. The summed E-state index contributed by atoms with van der Waals surface area (Å²) in [7, 11) is 2.58. The number of rotatable bonds is 6. The fraction of sp³-hybridized carbons (Fsp3) is 0.435. The van der Waals surface area contributed by atoms with Gasteiger partial charge in [0.1, 0.15) is 5.52 Å². The molecule has 5 rings (SSSR count). The van der Waals surface area contributed by atoms with Crippen molar-refractivity contribution < 1.29 is 28.1 Å². The third-order valence-electron chi connectivity index (χ3n) is 6.00. The molecule has 0 aliphatic carbocycles. The minimum absolute atomic E-state index is 0.0368. The summed E-state index contributed by atoms with van der Waals surface area (Å²) in [5.74, 6) is -1.32. The zero-order chi connectivity index (χ0) is 24.0. The minimum atomic E-state index is -0.894. The second-order valence-corrected chi connectivity index (χ2v) is 8.80. The molecular weight excluding hydrogens is 448 g/mol. The lowest BCUT2D eigenvalue weighted by Crippen LogP contribution is -2.60. The summed E-state index contributed by atoms with van der Waals surface area (Å²) in [6.45, 7) is 3.55. The Bertz CT molecular complexity index is 1210. The first-order chi connectivity index (χ1) is 16.3. The quantitative estimate of drug-likeness (QED) is 0.560. The summed E-state index contributed by atoms with van der Waals surface area (Å²) in [6.07, 6.45) is 2.43. The standard InChI is InChI=1S/C23H25F2N5O4/c1-23(31)10-30(11-23)21-20-12(8-26-22(29-20)27-13-4-5-34-9-13)6-14(28-21)17-18(24)15(32-2)7-16(33-3)19(17)25/h6-8,13,31H,4-5,9-11H2,1-3H3,(H,26,27,29). The molecule has 34 heavy (non-hydrogen) atoms. The molecule has 2 aliphatic rings. The number of β-amino-alcohol motifs (C(OH)–C–C–N with tert-alkyl or cyclic N) is 1. The lowest BCUT2D eigenvalue weighted by atomic mass is 9.96. The van der Waals surface area contributed by atoms with E-state index in [1.54, 1.807) is 13.1 Å². The van der Waals surface area contributed by atoms with Gasteiger partial charge in [-0.2, -0.15) is 0 Å². The smallest absolute Gasteiger partial charge is 0.223 e. The maximum absolute atomic E-state index is 15.2. The summed E-state index contributed by atoms with van der Waals surface area (Å²) in [5, 5.41) is 14.1. The zero-order valence-corrected chi connectivity index (χ0v) is 19.1. The largest absolute Gasteiger partial charge is 0.494 e. The van der Waals surface area contributed by atoms with Gasteiger partial charge in [-0.3, -0.25) is 0 Å². The molecule has 4 heterocycles. The first-order valence-electron chi connectivity index (χ1n) is 10.9. The highest BCUT2D eigenvalue weighted by Crippen LogP contribution is 2.40. The average Bonchev–Trinajstić information content (AvgIpc) is 3.30. The SMILES string of the molecule is COc1cc(OC)c(F)c(-c2cc3cnc(NC4CCOC4)nc3c(N3CC(C)(O)C3)n2)c1F. The number of hydrogen-bond donors (Lipinski definition) is 2. The number of ether oxygens (including phenoxy) is 3. The molecule has 2 N–H and O–H groups in total. The van der Waals surface area contributed by atoms with Crippen LogP contribution >= 0.6 is 0 Å². The highest BCUT2D eigenvalue weighted by atomic mass is 19.1. The molecule has 0 amide bonds. The Labute approximate surface area is 194 Å². The minimum Gasteiger partial charge on any atom is -0.494 e. The van der Waals surface area contributed by atoms with Crippen LogP contribution < -0.4 is 19.7 Å². The van der Waals surface area contributed by atoms with Crippen LogP contribution in [0.5, 0.6) is 11.5 Å². The van der Waals surface area contributed by atoms with Gasteiger partial charge in [-0.05, 0) is 19.4 Å². The van der Waals surface area contributed by atoms with E-state index < -0.39 is 17.2 Å². The van der Waals surface area contributed by atoms with Gasteiger partial charge >= 0.3 is 0 Å². The molecule has 0 spiro atoms. The van der Waals surface area contributed by atoms with Crippen molar-refractivity contribution in [1.82, 2.24) is 15.0 Å². The monoisotopic (exact) mass is 473 g/mol. The van der Waals surface area contributed by atoms with Crippen molar-refractivity contribution >= 4 is 22.7 Å². The van der Waals surface area contributed by atoms with E-state index in [0.717, 1.165) is 12.5 Å². The molecule has 1 aromatic carbocycles. The van der Waals surface area contributed by atoms with E-state index in [2.05, 4.69) is 20.3 Å². The Hall–Kier alpha value is -3.31. The number of aromatic nitrogens is 3. The van der Waals surface area contributed by atoms with Gasteiger partial charge in [-0.25, -0.2) is 23.7 Å². The Morgan fingerprint density at radius 3 is 2.44 bits per heavy atom. The number of anilines is 2. The number of pyridine rings is 1. The van der Waals surface area contributed by atoms with Crippen molar-refractivity contribution in [3.63, 3.8) is 0 Å². The summed E-state index contributed by atoms with van der Waals surface area (Å²) in [6, 6.07) is 2.78. The third kappa shape index (κ3) is 3.94. The molecule has 0 bridgehead atoms. The number of benzene rings is 1. The van der Waals surface area contributed by atoms with E-state index in [0.29, 0.717) is 49.0 Å². The van der Waals surface area contributed by atoms with Gasteiger partial charge in [0.2, 0.25) is 5.95 Å². The number of fused-ring (bicyclic) bond motifs is 1. The van der Waals surface area contributed by atoms with Gasteiger partial charge in [0.15, 0.2) is 29.0 Å². The van der Waals surface area contributed by atoms with Gasteiger partial charge in [-0.15, -0.1) is 0 Å². The van der Waals surface area contributed by atoms with Gasteiger partial charge < -0.3 is 29.5 Å². The normalized spacial score (nSPS) is 19.2. The molecular formula is C23H25F2N5O4. The number of aliphatic hydroxyl groups is 1. The van der Waals surface area contributed by atoms with Crippen molar-refractivity contribution in [1.29, 1.82) is 0 Å². The predicted octanol–water partition coefficient (Wildman–Crippen LogP) is 2.76. The van der Waals surface area contributed by atoms with E-state index in [1.165, 1.54) is 20.3 Å². The summed E-state index contributed by atoms with van der Waals surface area (Å²) >= 11 is 0. The fourth-order valence-corrected chi connectivity index (χ4v) is 4.31. The van der Waals surface area contributed by atoms with E-state index in [9.17, 15) is 5.11 Å². The lowest BCUT2D eigenvalue weighted by Gasteiger charge is -2.45. The average molecular weight is 473 g/mol. The third-order valence-corrected chi connectivity index (χ3v) is 6.00. The molecule has 2 saturated heterocycles. The number of nitrogens with one attached hydrogen (secondary N) is 1. The summed E-state index contributed by atoms with van der Waals surface area (Å²) in [5.41, 5.74) is -0.729. The molecule has 0 radical (unpaired) electrons. The van der Waals surface area contributed by atoms with Crippen LogP contribution in [-0.2, 0) is 4.74 Å². The number of nitrogens with zero attached hydrogens (tertiary/aromatic N) is 4. The molecule has 9 nitrogen and oxygen atoms in total. The van der Waals surface area contributed by atoms with Gasteiger partial charge in [0, 0.05) is 37.3 Å². The van der Waals surface area contributed by atoms with Crippen LogP contribution in [0.1, 0.15) is 13.3 Å². The van der Waals surface area contributed by atoms with Crippen molar-refractivity contribution in [2.45, 2.75) is 25.0 Å². The van der Waals surface area contributed by atoms with E-state index >= 15 is 8.78 Å². The van der Waals surface area contributed by atoms with Gasteiger partial charge in [0.05, 0.1) is 43.7 Å². The summed E-state index contributed by atoms with van der Waals surface area (Å²) in [4.78, 5) is 15.4. The Balaban J connectivity index is 1.66. The van der Waals surface area contributed by atoms with Crippen LogP contribution in [0.15, 0.2) is 18.3 Å². The zero-order valence-electron chi connectivity index (χ0n) is 19.1. The molecule has 2 aromatic heterocycles. The molecule has 2 fully saturated rings. The van der Waals surface area contributed by atoms with E-state index in [-0.39, 0.29) is 28.8 Å². The molecule has 180 valence electrons. The molecule has 3 aromatic rings. The van der Waals surface area contributed by atoms with Crippen LogP contribution in [0.4, 0.5) is 20.5 Å². The maximum Gasteiger partial charge on any atom is 0.223 e. The van der Waals surface area contributed by atoms with Gasteiger partial charge in [-0.1, -0.05) is 0 Å². The Morgan fingerprint density at radius 1 is 1.15 bits per heavy atom. The fourth-order valence-electron chi connectivity index (χ4n) is 4.31. The maximum atomic E-state index is 15.2. The number of methoxy groups -OCH3 is 2. The summed E-state index contributed by atoms with van der Waals surface area (Å²) < 4.78 is 46.0. The van der Waals surface area contributed by atoms with E-state index in [4.69, 9.17) is 14.2 Å². The van der Waals surface area contributed by atoms with Crippen LogP contribution in [0.3, 0.4) is 0 Å². The first kappa shape index (κ1) is 22.5. The van der Waals surface area contributed by atoms with Crippen molar-refractivity contribution in [3.8, 4) is 22.8 Å². The topological polar surface area (TPSA) is 102 Å². The lowest BCUT2D eigenvalue weighted by molar-refractivity contribution is 0.0307. The first-order valence-corrected chi connectivity index (χ1v) is 10.9. The van der Waals surface area contributed by atoms with Crippen LogP contribution in [0, 0.1) is 11.6 Å². The van der Waals surface area contributed by atoms with E-state index in [1.807, 2.05) is 4.90 Å². The highest BCUT2D eigenvalue weighted by Gasteiger charge is 2.39. The predicted molar refractivity (Wildman–Crippen MR) is 121 cm³/mol. The molecule has 0 saturated carbocycles. The van der Waals surface area contributed by atoms with Crippen molar-refractivity contribution in [2.75, 3.05) is 50.7 Å². The van der Waals surface area contributed by atoms with Gasteiger partial charge in [0.25, 0.3) is 0 Å². The number of halogens is 2. The number of hydrogen-bond acceptors (Lipinski definition) is 9. The van der Waals surface area contributed by atoms with Crippen LogP contribution in [-0.4, -0.2) is 72.2 Å².